The monoisotopic (exact) mass is 376 g/mol. The molecule has 138 valence electrons. The second kappa shape index (κ2) is 7.10. The summed E-state index contributed by atoms with van der Waals surface area (Å²) in [5.41, 5.74) is 1.36. The van der Waals surface area contributed by atoms with Gasteiger partial charge in [-0.1, -0.05) is 30.3 Å². The second-order valence-electron chi connectivity index (χ2n) is 6.31. The Balaban J connectivity index is 1.77. The summed E-state index contributed by atoms with van der Waals surface area (Å²) in [5, 5.41) is 13.0. The van der Waals surface area contributed by atoms with Gasteiger partial charge in [-0.15, -0.1) is 11.8 Å². The molecule has 2 amide bonds. The smallest absolute Gasteiger partial charge is 0.352 e. The maximum absolute atomic E-state index is 12.7. The van der Waals surface area contributed by atoms with Crippen molar-refractivity contribution in [2.75, 3.05) is 12.8 Å². The number of nitrogens with two attached hydrogens (primary N) is 1. The zero-order chi connectivity index (χ0) is 19.0. The van der Waals surface area contributed by atoms with E-state index in [1.54, 1.807) is 38.2 Å². The van der Waals surface area contributed by atoms with Crippen LogP contribution >= 0.6 is 11.8 Å². The number of fused-ring (bicyclic) bond motifs is 1. The number of carboxylic acid groups (broad SMARTS) is 1. The molecule has 1 aromatic carbocycles. The van der Waals surface area contributed by atoms with Crippen molar-refractivity contribution >= 4 is 29.5 Å². The van der Waals surface area contributed by atoms with Crippen LogP contribution in [0.1, 0.15) is 18.5 Å². The van der Waals surface area contributed by atoms with Crippen molar-refractivity contribution in [1.29, 1.82) is 0 Å². The van der Waals surface area contributed by atoms with Gasteiger partial charge in [0.25, 0.3) is 5.91 Å². The van der Waals surface area contributed by atoms with Crippen molar-refractivity contribution in [3.63, 3.8) is 0 Å². The highest BCUT2D eigenvalue weighted by Gasteiger charge is 2.54. The van der Waals surface area contributed by atoms with Crippen LogP contribution in [0.3, 0.4) is 0 Å². The fraction of sp³-hybridized carbons (Fsp3) is 0.353. The van der Waals surface area contributed by atoms with Crippen LogP contribution in [0.4, 0.5) is 0 Å². The van der Waals surface area contributed by atoms with Crippen molar-refractivity contribution in [2.45, 2.75) is 24.4 Å². The van der Waals surface area contributed by atoms with Crippen LogP contribution in [0.5, 0.6) is 0 Å². The van der Waals surface area contributed by atoms with Crippen LogP contribution in [0.15, 0.2) is 41.6 Å². The highest BCUT2D eigenvalue weighted by molar-refractivity contribution is 8.00. The largest absolute Gasteiger partial charge is 0.477 e. The van der Waals surface area contributed by atoms with Gasteiger partial charge in [-0.25, -0.2) is 9.80 Å². The van der Waals surface area contributed by atoms with Crippen LogP contribution in [0, 0.1) is 0 Å². The summed E-state index contributed by atoms with van der Waals surface area (Å²) in [5.74, 6) is 4.39. The highest BCUT2D eigenvalue weighted by atomic mass is 32.2. The van der Waals surface area contributed by atoms with Crippen LogP contribution in [0.25, 0.3) is 0 Å². The fourth-order valence-electron chi connectivity index (χ4n) is 3.21. The Kier molecular flexibility index (Phi) is 5.03. The number of nitrogens with zero attached hydrogens (tertiary/aromatic N) is 2. The molecule has 8 nitrogen and oxygen atoms in total. The lowest BCUT2D eigenvalue weighted by Gasteiger charge is -2.49. The minimum absolute atomic E-state index is 0.0137. The molecule has 0 aliphatic carbocycles. The predicted octanol–water partition coefficient (Wildman–Crippen LogP) is 0.292. The summed E-state index contributed by atoms with van der Waals surface area (Å²) in [6.45, 7) is 1.70. The minimum Gasteiger partial charge on any atom is -0.477 e. The summed E-state index contributed by atoms with van der Waals surface area (Å²) < 4.78 is 0. The maximum Gasteiger partial charge on any atom is 0.352 e. The molecule has 0 saturated carbocycles. The number of hydrazine groups is 1. The van der Waals surface area contributed by atoms with Crippen LogP contribution in [-0.2, 0) is 14.4 Å². The Morgan fingerprint density at radius 2 is 2.04 bits per heavy atom. The SMILES string of the molecule is CC1=C(C(=O)O)N2C(=O)[C@@H](NC(=O)C(c3ccccc3)N(C)N)C2SC1. The van der Waals surface area contributed by atoms with Crippen LogP contribution in [0.2, 0.25) is 0 Å². The quantitative estimate of drug-likeness (QED) is 0.384. The summed E-state index contributed by atoms with van der Waals surface area (Å²) >= 11 is 1.44. The molecular formula is C17H20N4O4S. The first-order valence-electron chi connectivity index (χ1n) is 8.03. The third kappa shape index (κ3) is 3.09. The molecule has 0 radical (unpaired) electrons. The molecule has 9 heteroatoms. The fourth-order valence-corrected chi connectivity index (χ4v) is 4.51. The molecule has 3 rings (SSSR count). The number of carboxylic acids is 1. The average Bonchev–Trinajstić information content (AvgIpc) is 2.60. The lowest BCUT2D eigenvalue weighted by molar-refractivity contribution is -0.151. The van der Waals surface area contributed by atoms with Gasteiger partial charge < -0.3 is 10.4 Å². The number of carbonyl (C=O) groups is 3. The zero-order valence-electron chi connectivity index (χ0n) is 14.4. The zero-order valence-corrected chi connectivity index (χ0v) is 15.2. The molecular weight excluding hydrogens is 356 g/mol. The molecule has 1 aromatic rings. The molecule has 0 aromatic heterocycles. The summed E-state index contributed by atoms with van der Waals surface area (Å²) in [6.07, 6.45) is 0. The number of thioether (sulfide) groups is 1. The molecule has 26 heavy (non-hydrogen) atoms. The number of hydrogen-bond acceptors (Lipinski definition) is 6. The third-order valence-electron chi connectivity index (χ3n) is 4.43. The van der Waals surface area contributed by atoms with E-state index in [9.17, 15) is 19.5 Å². The van der Waals surface area contributed by atoms with E-state index < -0.39 is 35.2 Å². The number of carbonyl (C=O) groups excluding carboxylic acids is 2. The van der Waals surface area contributed by atoms with Crippen molar-refractivity contribution in [2.24, 2.45) is 5.84 Å². The molecule has 1 fully saturated rings. The Bertz CT molecular complexity index is 780. The van der Waals surface area contributed by atoms with Crippen LogP contribution < -0.4 is 11.2 Å². The number of benzene rings is 1. The van der Waals surface area contributed by atoms with Crippen LogP contribution in [-0.4, -0.2) is 57.0 Å². The first-order chi connectivity index (χ1) is 12.3. The number of β-lactam (4-membered cyclic amide) rings is 1. The third-order valence-corrected chi connectivity index (χ3v) is 5.85. The van der Waals surface area contributed by atoms with Crippen molar-refractivity contribution < 1.29 is 19.5 Å². The standard InChI is InChI=1S/C17H20N4O4S/c1-9-8-26-16-11(15(23)21(16)12(9)17(24)25)19-14(22)13(20(2)18)10-6-4-3-5-7-10/h3-7,11,13,16H,8,18H2,1-2H3,(H,19,22)(H,24,25)/t11-,13?,16?/m1/s1. The summed E-state index contributed by atoms with van der Waals surface area (Å²) in [6, 6.07) is 7.50. The number of likely N-dealkylation sites (N-methyl/N-ethyl adjacent to an activating group) is 1. The average molecular weight is 376 g/mol. The van der Waals surface area contributed by atoms with Gasteiger partial charge in [-0.3, -0.25) is 20.3 Å². The van der Waals surface area contributed by atoms with E-state index in [0.29, 0.717) is 16.9 Å². The molecule has 0 bridgehead atoms. The minimum atomic E-state index is -1.13. The normalized spacial score (nSPS) is 23.4. The van der Waals surface area contributed by atoms with Crippen molar-refractivity contribution in [1.82, 2.24) is 15.2 Å². The molecule has 4 N–H and O–H groups in total. The van der Waals surface area contributed by atoms with Crippen molar-refractivity contribution in [3.8, 4) is 0 Å². The van der Waals surface area contributed by atoms with Gasteiger partial charge in [-0.2, -0.15) is 0 Å². The van der Waals surface area contributed by atoms with E-state index in [1.807, 2.05) is 6.07 Å². The second-order valence-corrected chi connectivity index (χ2v) is 7.41. The van der Waals surface area contributed by atoms with Gasteiger partial charge >= 0.3 is 5.97 Å². The van der Waals surface area contributed by atoms with E-state index in [0.717, 1.165) is 0 Å². The first-order valence-corrected chi connectivity index (χ1v) is 9.08. The molecule has 2 heterocycles. The molecule has 0 spiro atoms. The van der Waals surface area contributed by atoms with Gasteiger partial charge in [-0.05, 0) is 18.1 Å². The Labute approximate surface area is 155 Å². The summed E-state index contributed by atoms with van der Waals surface area (Å²) in [4.78, 5) is 37.9. The highest BCUT2D eigenvalue weighted by Crippen LogP contribution is 2.40. The topological polar surface area (TPSA) is 116 Å². The maximum atomic E-state index is 12.7. The van der Waals surface area contributed by atoms with Gasteiger partial charge in [0.2, 0.25) is 5.91 Å². The van der Waals surface area contributed by atoms with E-state index >= 15 is 0 Å². The molecule has 1 saturated heterocycles. The lowest BCUT2D eigenvalue weighted by Crippen LogP contribution is -2.71. The van der Waals surface area contributed by atoms with Crippen molar-refractivity contribution in [3.05, 3.63) is 47.2 Å². The number of amides is 2. The number of nitrogens with one attached hydrogen (secondary N) is 1. The number of rotatable bonds is 5. The Morgan fingerprint density at radius 1 is 1.38 bits per heavy atom. The predicted molar refractivity (Wildman–Crippen MR) is 96.5 cm³/mol. The van der Waals surface area contributed by atoms with Gasteiger partial charge in [0, 0.05) is 12.8 Å². The van der Waals surface area contributed by atoms with E-state index in [1.165, 1.54) is 21.7 Å². The van der Waals surface area contributed by atoms with E-state index in [-0.39, 0.29) is 5.70 Å². The van der Waals surface area contributed by atoms with Gasteiger partial charge in [0.05, 0.1) is 0 Å². The Morgan fingerprint density at radius 3 is 2.62 bits per heavy atom. The Hall–Kier alpha value is -2.36. The molecule has 3 atom stereocenters. The molecule has 2 unspecified atom stereocenters. The van der Waals surface area contributed by atoms with E-state index in [2.05, 4.69) is 5.32 Å². The molecule has 2 aliphatic rings. The number of aliphatic carboxylic acids is 1. The van der Waals surface area contributed by atoms with E-state index in [4.69, 9.17) is 5.84 Å². The first kappa shape index (κ1) is 18.4. The summed E-state index contributed by atoms with van der Waals surface area (Å²) in [7, 11) is 1.58. The number of hydrogen-bond donors (Lipinski definition) is 3. The van der Waals surface area contributed by atoms with Gasteiger partial charge in [0.15, 0.2) is 0 Å². The molecule has 2 aliphatic heterocycles. The van der Waals surface area contributed by atoms with Gasteiger partial charge in [0.1, 0.15) is 23.2 Å². The lowest BCUT2D eigenvalue weighted by atomic mass is 10.0.